The molecule has 0 radical (unpaired) electrons. The summed E-state index contributed by atoms with van der Waals surface area (Å²) in [5.74, 6) is -1.57. The molecule has 0 spiro atoms. The number of aliphatic carboxylic acids is 1. The fourth-order valence-corrected chi connectivity index (χ4v) is 4.65. The number of carboxylic acids is 1. The number of halogens is 2. The third-order valence-electron chi connectivity index (χ3n) is 6.10. The quantitative estimate of drug-likeness (QED) is 0.253. The van der Waals surface area contributed by atoms with E-state index >= 15 is 0 Å². The van der Waals surface area contributed by atoms with Crippen LogP contribution in [0, 0.1) is 0 Å². The van der Waals surface area contributed by atoms with Gasteiger partial charge in [-0.05, 0) is 39.2 Å². The Morgan fingerprint density at radius 2 is 1.58 bits per heavy atom. The van der Waals surface area contributed by atoms with Crippen LogP contribution in [-0.2, 0) is 20.9 Å². The Morgan fingerprint density at radius 3 is 2.13 bits per heavy atom. The third kappa shape index (κ3) is 6.55. The van der Waals surface area contributed by atoms with Gasteiger partial charge < -0.3 is 9.84 Å². The molecule has 0 saturated heterocycles. The van der Waals surface area contributed by atoms with Crippen molar-refractivity contribution in [3.05, 3.63) is 111 Å². The number of rotatable bonds is 11. The highest BCUT2D eigenvalue weighted by molar-refractivity contribution is 6.42. The van der Waals surface area contributed by atoms with Crippen molar-refractivity contribution in [2.24, 2.45) is 0 Å². The van der Waals surface area contributed by atoms with Crippen molar-refractivity contribution in [3.8, 4) is 0 Å². The first-order chi connectivity index (χ1) is 18.4. The topological polar surface area (TPSA) is 119 Å². The van der Waals surface area contributed by atoms with Gasteiger partial charge in [-0.1, -0.05) is 89.9 Å². The van der Waals surface area contributed by atoms with Gasteiger partial charge in [-0.2, -0.15) is 0 Å². The van der Waals surface area contributed by atoms with E-state index in [4.69, 9.17) is 27.9 Å². The zero-order valence-electron chi connectivity index (χ0n) is 20.4. The number of carbonyl (C=O) groups is 2. The lowest BCUT2D eigenvalue weighted by Crippen LogP contribution is -2.35. The molecular weight excluding hydrogens is 529 g/mol. The molecule has 2 unspecified atom stereocenters. The van der Waals surface area contributed by atoms with Gasteiger partial charge in [0.05, 0.1) is 29.6 Å². The number of hydrogen-bond acceptors (Lipinski definition) is 7. The summed E-state index contributed by atoms with van der Waals surface area (Å²) in [5, 5.41) is 26.0. The zero-order valence-corrected chi connectivity index (χ0v) is 21.9. The van der Waals surface area contributed by atoms with E-state index in [0.717, 1.165) is 11.1 Å². The number of ether oxygens (including phenoxy) is 1. The van der Waals surface area contributed by atoms with Gasteiger partial charge in [0.2, 0.25) is 0 Å². The van der Waals surface area contributed by atoms with E-state index in [0.29, 0.717) is 21.4 Å². The second kappa shape index (κ2) is 12.6. The maximum atomic E-state index is 12.2. The number of nitrogens with zero attached hydrogens (tertiary/aromatic N) is 4. The molecule has 0 aliphatic carbocycles. The molecule has 1 aromatic heterocycles. The third-order valence-corrected chi connectivity index (χ3v) is 6.84. The summed E-state index contributed by atoms with van der Waals surface area (Å²) in [6.07, 6.45) is -0.261. The van der Waals surface area contributed by atoms with Crippen LogP contribution in [0.15, 0.2) is 78.9 Å². The van der Waals surface area contributed by atoms with Crippen LogP contribution in [0.3, 0.4) is 0 Å². The highest BCUT2D eigenvalue weighted by Crippen LogP contribution is 2.38. The molecule has 0 aliphatic rings. The molecule has 9 nitrogen and oxygen atoms in total. The zero-order chi connectivity index (χ0) is 27.1. The monoisotopic (exact) mass is 553 g/mol. The van der Waals surface area contributed by atoms with Gasteiger partial charge in [0.1, 0.15) is 6.54 Å². The Balaban J connectivity index is 1.88. The smallest absolute Gasteiger partial charge is 0.327 e. The molecule has 11 heteroatoms. The predicted molar refractivity (Wildman–Crippen MR) is 142 cm³/mol. The Kier molecular flexibility index (Phi) is 9.06. The first-order valence-electron chi connectivity index (χ1n) is 11.7. The molecule has 3 aromatic carbocycles. The Labute approximate surface area is 229 Å². The van der Waals surface area contributed by atoms with E-state index in [1.165, 1.54) is 11.8 Å². The van der Waals surface area contributed by atoms with Crippen LogP contribution in [0.1, 0.15) is 46.9 Å². The van der Waals surface area contributed by atoms with Gasteiger partial charge in [0.15, 0.2) is 5.82 Å². The summed E-state index contributed by atoms with van der Waals surface area (Å²) >= 11 is 12.4. The van der Waals surface area contributed by atoms with E-state index < -0.39 is 24.0 Å². The number of benzene rings is 3. The van der Waals surface area contributed by atoms with Crippen LogP contribution in [-0.4, -0.2) is 44.4 Å². The molecule has 4 aromatic rings. The Bertz CT molecular complexity index is 1350. The molecule has 4 rings (SSSR count). The SMILES string of the molecule is COC(=O)Cn1nnnc1C(NC(CC(=O)O)c1ccc(Cl)c(Cl)c1)C(c1ccccc1)c1ccccc1. The van der Waals surface area contributed by atoms with E-state index in [1.54, 1.807) is 18.2 Å². The number of carboxylic acid groups (broad SMARTS) is 1. The highest BCUT2D eigenvalue weighted by atomic mass is 35.5. The van der Waals surface area contributed by atoms with Crippen molar-refractivity contribution in [2.75, 3.05) is 7.11 Å². The van der Waals surface area contributed by atoms with Crippen LogP contribution in [0.4, 0.5) is 0 Å². The van der Waals surface area contributed by atoms with Crippen molar-refractivity contribution < 1.29 is 19.4 Å². The second-order valence-corrected chi connectivity index (χ2v) is 9.35. The second-order valence-electron chi connectivity index (χ2n) is 8.54. The van der Waals surface area contributed by atoms with Crippen molar-refractivity contribution in [3.63, 3.8) is 0 Å². The van der Waals surface area contributed by atoms with Crippen LogP contribution < -0.4 is 5.32 Å². The lowest BCUT2D eigenvalue weighted by molar-refractivity contribution is -0.141. The maximum Gasteiger partial charge on any atom is 0.327 e. The minimum Gasteiger partial charge on any atom is -0.481 e. The first-order valence-corrected chi connectivity index (χ1v) is 12.5. The van der Waals surface area contributed by atoms with Crippen molar-refractivity contribution in [1.82, 2.24) is 25.5 Å². The largest absolute Gasteiger partial charge is 0.481 e. The molecule has 0 amide bonds. The van der Waals surface area contributed by atoms with Crippen LogP contribution >= 0.6 is 23.2 Å². The number of nitrogens with one attached hydrogen (secondary N) is 1. The van der Waals surface area contributed by atoms with Gasteiger partial charge in [-0.25, -0.2) is 4.68 Å². The normalized spacial score (nSPS) is 12.7. The van der Waals surface area contributed by atoms with Crippen LogP contribution in [0.2, 0.25) is 10.0 Å². The van der Waals surface area contributed by atoms with Crippen molar-refractivity contribution in [2.45, 2.75) is 31.0 Å². The summed E-state index contributed by atoms with van der Waals surface area (Å²) in [5.41, 5.74) is 2.50. The highest BCUT2D eigenvalue weighted by Gasteiger charge is 2.34. The van der Waals surface area contributed by atoms with Gasteiger partial charge in [-0.15, -0.1) is 5.10 Å². The van der Waals surface area contributed by atoms with E-state index in [-0.39, 0.29) is 18.9 Å². The lowest BCUT2D eigenvalue weighted by Gasteiger charge is -2.32. The Morgan fingerprint density at radius 1 is 0.947 bits per heavy atom. The molecule has 0 fully saturated rings. The van der Waals surface area contributed by atoms with Crippen LogP contribution in [0.25, 0.3) is 0 Å². The minimum absolute atomic E-state index is 0.219. The van der Waals surface area contributed by atoms with Gasteiger partial charge in [0.25, 0.3) is 0 Å². The molecule has 0 saturated carbocycles. The maximum absolute atomic E-state index is 12.2. The molecule has 1 heterocycles. The molecule has 2 atom stereocenters. The molecular formula is C27H25Cl2N5O4. The van der Waals surface area contributed by atoms with Crippen molar-refractivity contribution >= 4 is 35.1 Å². The summed E-state index contributed by atoms with van der Waals surface area (Å²) in [6.45, 7) is -0.219. The minimum atomic E-state index is -1.02. The summed E-state index contributed by atoms with van der Waals surface area (Å²) in [6, 6.07) is 23.1. The summed E-state index contributed by atoms with van der Waals surface area (Å²) in [4.78, 5) is 24.1. The number of tetrazole rings is 1. The molecule has 0 bridgehead atoms. The van der Waals surface area contributed by atoms with Gasteiger partial charge in [-0.3, -0.25) is 14.9 Å². The molecule has 2 N–H and O–H groups in total. The number of hydrogen-bond donors (Lipinski definition) is 2. The average molecular weight is 554 g/mol. The van der Waals surface area contributed by atoms with E-state index in [2.05, 4.69) is 20.8 Å². The van der Waals surface area contributed by atoms with Gasteiger partial charge in [0, 0.05) is 12.0 Å². The lowest BCUT2D eigenvalue weighted by atomic mass is 9.83. The standard InChI is InChI=1S/C27H25Cl2N5O4/c1-38-24(37)16-34-27(31-32-33-34)26(25(17-8-4-2-5-9-17)18-10-6-3-7-11-18)30-22(15-23(35)36)19-12-13-20(28)21(29)14-19/h2-14,22,25-26,30H,15-16H2,1H3,(H,35,36). The number of esters is 1. The summed E-state index contributed by atoms with van der Waals surface area (Å²) < 4.78 is 6.19. The fourth-order valence-electron chi connectivity index (χ4n) is 4.35. The van der Waals surface area contributed by atoms with Crippen LogP contribution in [0.5, 0.6) is 0 Å². The summed E-state index contributed by atoms with van der Waals surface area (Å²) in [7, 11) is 1.28. The molecule has 0 aliphatic heterocycles. The van der Waals surface area contributed by atoms with E-state index in [9.17, 15) is 14.7 Å². The number of carbonyl (C=O) groups excluding carboxylic acids is 1. The fraction of sp³-hybridized carbons (Fsp3) is 0.222. The van der Waals surface area contributed by atoms with E-state index in [1.807, 2.05) is 60.7 Å². The van der Waals surface area contributed by atoms with Gasteiger partial charge >= 0.3 is 11.9 Å². The first kappa shape index (κ1) is 27.3. The number of methoxy groups -OCH3 is 1. The number of aromatic nitrogens is 4. The predicted octanol–water partition coefficient (Wildman–Crippen LogP) is 4.83. The van der Waals surface area contributed by atoms with Crippen molar-refractivity contribution in [1.29, 1.82) is 0 Å². The average Bonchev–Trinajstić information content (AvgIpc) is 3.38. The Hall–Kier alpha value is -3.79. The molecule has 196 valence electrons. The molecule has 38 heavy (non-hydrogen) atoms.